The van der Waals surface area contributed by atoms with Crippen LogP contribution in [0.25, 0.3) is 0 Å². The number of aliphatic imine (C=N–C) groups is 2. The Balaban J connectivity index is 1.64. The highest BCUT2D eigenvalue weighted by Crippen LogP contribution is 2.24. The van der Waals surface area contributed by atoms with Gasteiger partial charge >= 0.3 is 0 Å². The van der Waals surface area contributed by atoms with Gasteiger partial charge in [-0.05, 0) is 36.8 Å². The molecule has 1 amide bonds. The molecule has 1 aromatic carbocycles. The zero-order valence-corrected chi connectivity index (χ0v) is 13.1. The number of rotatable bonds is 5. The molecular weight excluding hydrogens is 292 g/mol. The van der Waals surface area contributed by atoms with Gasteiger partial charge in [-0.2, -0.15) is 0 Å². The Labute approximate surface area is 134 Å². The molecule has 0 saturated carbocycles. The second-order valence-corrected chi connectivity index (χ2v) is 5.52. The van der Waals surface area contributed by atoms with Crippen LogP contribution in [0.5, 0.6) is 0 Å². The molecule has 0 spiro atoms. The van der Waals surface area contributed by atoms with Crippen LogP contribution in [0, 0.1) is 5.92 Å². The summed E-state index contributed by atoms with van der Waals surface area (Å²) in [6.45, 7) is 4.09. The lowest BCUT2D eigenvalue weighted by Crippen LogP contribution is -2.43. The third-order valence-corrected chi connectivity index (χ3v) is 3.86. The highest BCUT2D eigenvalue weighted by atomic mass is 16.2. The average molecular weight is 310 g/mol. The first kappa shape index (κ1) is 15.1. The smallest absolute Gasteiger partial charge is 0.240 e. The van der Waals surface area contributed by atoms with Gasteiger partial charge in [0.2, 0.25) is 5.91 Å². The number of Topliss-reactive ketones (excluding diaryl/α,β-unsaturated/α-hetero) is 1. The third-order valence-electron chi connectivity index (χ3n) is 3.86. The van der Waals surface area contributed by atoms with Crippen molar-refractivity contribution in [2.24, 2.45) is 15.9 Å². The van der Waals surface area contributed by atoms with E-state index >= 15 is 0 Å². The fourth-order valence-electron chi connectivity index (χ4n) is 2.62. The lowest BCUT2D eigenvalue weighted by molar-refractivity contribution is -0.120. The molecule has 23 heavy (non-hydrogen) atoms. The van der Waals surface area contributed by atoms with Gasteiger partial charge in [0, 0.05) is 30.4 Å². The minimum absolute atomic E-state index is 0.0920. The van der Waals surface area contributed by atoms with E-state index in [2.05, 4.69) is 20.6 Å². The number of anilines is 1. The van der Waals surface area contributed by atoms with E-state index in [1.165, 1.54) is 0 Å². The van der Waals surface area contributed by atoms with E-state index in [9.17, 15) is 9.59 Å². The maximum atomic E-state index is 12.1. The van der Waals surface area contributed by atoms with Crippen molar-refractivity contribution in [2.45, 2.75) is 20.3 Å². The van der Waals surface area contributed by atoms with Crippen LogP contribution in [0.4, 0.5) is 5.69 Å². The Bertz CT molecular complexity index is 744. The number of hydrogen-bond acceptors (Lipinski definition) is 5. The molecule has 0 radical (unpaired) electrons. The quantitative estimate of drug-likeness (QED) is 0.817. The number of fused-ring (bicyclic) bond motifs is 1. The van der Waals surface area contributed by atoms with Crippen molar-refractivity contribution < 1.29 is 9.59 Å². The molecule has 2 aliphatic heterocycles. The maximum absolute atomic E-state index is 12.1. The highest BCUT2D eigenvalue weighted by molar-refractivity contribution is 6.19. The molecule has 0 fully saturated rings. The molecule has 1 unspecified atom stereocenters. The Kier molecular flexibility index (Phi) is 4.06. The summed E-state index contributed by atoms with van der Waals surface area (Å²) in [6.07, 6.45) is 2.19. The van der Waals surface area contributed by atoms with Gasteiger partial charge in [-0.15, -0.1) is 0 Å². The van der Waals surface area contributed by atoms with E-state index in [4.69, 9.17) is 0 Å². The van der Waals surface area contributed by atoms with Gasteiger partial charge in [-0.1, -0.05) is 6.92 Å². The highest BCUT2D eigenvalue weighted by Gasteiger charge is 2.34. The molecule has 0 bridgehead atoms. The molecule has 0 aromatic heterocycles. The standard InChI is InChI=1S/C17H18N4O2/c1-3-14(22)11-4-6-13(7-5-11)18-8-12-9-19-16-15(12)17(23)21-10(2)20-16/h4-7,9,15,18H,3,8H2,1-2H3,(H,19,20,21,23). The van der Waals surface area contributed by atoms with Crippen molar-refractivity contribution >= 4 is 29.0 Å². The largest absolute Gasteiger partial charge is 0.381 e. The molecule has 2 heterocycles. The van der Waals surface area contributed by atoms with Gasteiger partial charge in [0.1, 0.15) is 17.6 Å². The van der Waals surface area contributed by atoms with E-state index in [1.807, 2.05) is 19.1 Å². The van der Waals surface area contributed by atoms with Crippen LogP contribution in [-0.2, 0) is 4.79 Å². The topological polar surface area (TPSA) is 82.9 Å². The first-order valence-corrected chi connectivity index (χ1v) is 7.58. The Morgan fingerprint density at radius 3 is 2.74 bits per heavy atom. The average Bonchev–Trinajstić information content (AvgIpc) is 2.95. The summed E-state index contributed by atoms with van der Waals surface area (Å²) in [4.78, 5) is 32.2. The number of hydrogen-bond donors (Lipinski definition) is 2. The number of ketones is 1. The number of nitrogens with zero attached hydrogens (tertiary/aromatic N) is 2. The van der Waals surface area contributed by atoms with Crippen LogP contribution in [-0.4, -0.2) is 29.9 Å². The lowest BCUT2D eigenvalue weighted by atomic mass is 9.98. The zero-order chi connectivity index (χ0) is 16.4. The summed E-state index contributed by atoms with van der Waals surface area (Å²) in [5, 5.41) is 5.98. The SMILES string of the molecule is CCC(=O)c1ccc(NCC2=CN=C3N=C(C)NC(=O)C23)cc1. The van der Waals surface area contributed by atoms with Crippen LogP contribution in [0.2, 0.25) is 0 Å². The van der Waals surface area contributed by atoms with Crippen LogP contribution >= 0.6 is 0 Å². The van der Waals surface area contributed by atoms with Crippen molar-refractivity contribution in [2.75, 3.05) is 11.9 Å². The van der Waals surface area contributed by atoms with Gasteiger partial charge in [0.15, 0.2) is 5.78 Å². The van der Waals surface area contributed by atoms with Crippen molar-refractivity contribution in [1.82, 2.24) is 5.32 Å². The zero-order valence-electron chi connectivity index (χ0n) is 13.1. The van der Waals surface area contributed by atoms with Gasteiger partial charge < -0.3 is 10.6 Å². The fourth-order valence-corrected chi connectivity index (χ4v) is 2.62. The van der Waals surface area contributed by atoms with E-state index < -0.39 is 5.92 Å². The van der Waals surface area contributed by atoms with E-state index in [-0.39, 0.29) is 11.7 Å². The van der Waals surface area contributed by atoms with Crippen LogP contribution in [0.3, 0.4) is 0 Å². The number of amidine groups is 2. The lowest BCUT2D eigenvalue weighted by Gasteiger charge is -2.20. The van der Waals surface area contributed by atoms with Crippen LogP contribution < -0.4 is 10.6 Å². The molecule has 1 aromatic rings. The van der Waals surface area contributed by atoms with Gasteiger partial charge in [-0.3, -0.25) is 9.59 Å². The van der Waals surface area contributed by atoms with Crippen molar-refractivity contribution in [3.8, 4) is 0 Å². The molecule has 6 nitrogen and oxygen atoms in total. The summed E-state index contributed by atoms with van der Waals surface area (Å²) >= 11 is 0. The first-order valence-electron chi connectivity index (χ1n) is 7.58. The number of benzene rings is 1. The number of carbonyl (C=O) groups is 2. The van der Waals surface area contributed by atoms with Gasteiger partial charge in [0.25, 0.3) is 0 Å². The van der Waals surface area contributed by atoms with E-state index in [0.717, 1.165) is 11.3 Å². The predicted octanol–water partition coefficient (Wildman–Crippen LogP) is 2.15. The van der Waals surface area contributed by atoms with Gasteiger partial charge in [0.05, 0.1) is 0 Å². The predicted molar refractivity (Wildman–Crippen MR) is 89.8 cm³/mol. The monoisotopic (exact) mass is 310 g/mol. The molecule has 6 heteroatoms. The Morgan fingerprint density at radius 2 is 2.04 bits per heavy atom. The number of nitrogens with one attached hydrogen (secondary N) is 2. The molecule has 0 aliphatic carbocycles. The molecule has 118 valence electrons. The van der Waals surface area contributed by atoms with Crippen LogP contribution in [0.15, 0.2) is 46.0 Å². The van der Waals surface area contributed by atoms with Crippen LogP contribution in [0.1, 0.15) is 30.6 Å². The molecule has 1 atom stereocenters. The Morgan fingerprint density at radius 1 is 1.30 bits per heavy atom. The summed E-state index contributed by atoms with van der Waals surface area (Å²) in [5.74, 6) is 0.744. The minimum Gasteiger partial charge on any atom is -0.381 e. The molecular formula is C17H18N4O2. The molecule has 2 aliphatic rings. The second-order valence-electron chi connectivity index (χ2n) is 5.52. The van der Waals surface area contributed by atoms with E-state index in [1.54, 1.807) is 25.3 Å². The van der Waals surface area contributed by atoms with Gasteiger partial charge in [-0.25, -0.2) is 9.98 Å². The minimum atomic E-state index is -0.410. The van der Waals surface area contributed by atoms with E-state index in [0.29, 0.717) is 30.2 Å². The summed E-state index contributed by atoms with van der Waals surface area (Å²) in [5.41, 5.74) is 2.48. The second kappa shape index (κ2) is 6.16. The summed E-state index contributed by atoms with van der Waals surface area (Å²) in [7, 11) is 0. The summed E-state index contributed by atoms with van der Waals surface area (Å²) < 4.78 is 0. The molecule has 3 rings (SSSR count). The third kappa shape index (κ3) is 3.06. The van der Waals surface area contributed by atoms with Crippen molar-refractivity contribution in [1.29, 1.82) is 0 Å². The Hall–Kier alpha value is -2.76. The van der Waals surface area contributed by atoms with Crippen molar-refractivity contribution in [3.63, 3.8) is 0 Å². The number of carbonyl (C=O) groups excluding carboxylic acids is 2. The summed E-state index contributed by atoms with van der Waals surface area (Å²) in [6, 6.07) is 7.34. The first-order chi connectivity index (χ1) is 11.1. The number of amides is 1. The molecule has 0 saturated heterocycles. The fraction of sp³-hybridized carbons (Fsp3) is 0.294. The maximum Gasteiger partial charge on any atom is 0.240 e. The van der Waals surface area contributed by atoms with Crippen molar-refractivity contribution in [3.05, 3.63) is 41.6 Å². The normalized spacial score (nSPS) is 19.3. The molecule has 2 N–H and O–H groups in total.